The van der Waals surface area contributed by atoms with Gasteiger partial charge < -0.3 is 10.2 Å². The van der Waals surface area contributed by atoms with E-state index in [2.05, 4.69) is 0 Å². The van der Waals surface area contributed by atoms with Gasteiger partial charge in [-0.3, -0.25) is 14.5 Å². The number of carbonyl (C=O) groups is 2. The van der Waals surface area contributed by atoms with Crippen molar-refractivity contribution < 1.29 is 19.8 Å². The van der Waals surface area contributed by atoms with E-state index in [1.165, 1.54) is 4.90 Å². The first-order valence-electron chi connectivity index (χ1n) is 8.77. The molecule has 2 N–H and O–H groups in total. The van der Waals surface area contributed by atoms with Crippen LogP contribution in [0.2, 0.25) is 0 Å². The number of imide groups is 1. The summed E-state index contributed by atoms with van der Waals surface area (Å²) < 4.78 is 0. The maximum atomic E-state index is 13.4. The largest absolute Gasteiger partial charge is 0.396 e. The molecule has 2 saturated carbocycles. The van der Waals surface area contributed by atoms with Gasteiger partial charge in [0.05, 0.1) is 23.5 Å². The van der Waals surface area contributed by atoms with E-state index in [-0.39, 0.29) is 30.9 Å². The molecule has 0 aromatic heterocycles. The third kappa shape index (κ3) is 1.67. The monoisotopic (exact) mass is 329 g/mol. The Kier molecular flexibility index (Phi) is 3.55. The molecule has 1 saturated heterocycles. The van der Waals surface area contributed by atoms with Crippen LogP contribution in [0.1, 0.15) is 43.7 Å². The average molecular weight is 329 g/mol. The van der Waals surface area contributed by atoms with E-state index in [0.717, 1.165) is 24.8 Å². The van der Waals surface area contributed by atoms with Crippen LogP contribution in [0.4, 0.5) is 0 Å². The summed E-state index contributed by atoms with van der Waals surface area (Å²) >= 11 is 0. The molecule has 0 radical (unpaired) electrons. The fourth-order valence-electron chi connectivity index (χ4n) is 5.56. The Labute approximate surface area is 141 Å². The molecule has 1 heterocycles. The molecule has 3 fully saturated rings. The van der Waals surface area contributed by atoms with Gasteiger partial charge in [-0.05, 0) is 30.7 Å². The molecule has 24 heavy (non-hydrogen) atoms. The van der Waals surface area contributed by atoms with Gasteiger partial charge >= 0.3 is 0 Å². The lowest BCUT2D eigenvalue weighted by Gasteiger charge is -2.59. The van der Waals surface area contributed by atoms with Gasteiger partial charge in [0.1, 0.15) is 0 Å². The summed E-state index contributed by atoms with van der Waals surface area (Å²) in [6.45, 7) is -0.332. The Morgan fingerprint density at radius 2 is 1.79 bits per heavy atom. The second-order valence-corrected chi connectivity index (χ2v) is 7.43. The van der Waals surface area contributed by atoms with E-state index in [1.54, 1.807) is 0 Å². The summed E-state index contributed by atoms with van der Waals surface area (Å²) in [5.74, 6) is -0.449. The number of aliphatic hydroxyl groups is 2. The van der Waals surface area contributed by atoms with Crippen LogP contribution in [0, 0.1) is 16.7 Å². The summed E-state index contributed by atoms with van der Waals surface area (Å²) in [5, 5.41) is 19.7. The molecule has 1 aliphatic heterocycles. The minimum atomic E-state index is -0.737. The summed E-state index contributed by atoms with van der Waals surface area (Å²) in [6.07, 6.45) is 3.85. The molecule has 0 unspecified atom stereocenters. The molecule has 4 rings (SSSR count). The number of rotatable bonds is 4. The standard InChI is InChI=1S/C19H23NO4/c21-11-14-10-18-8-4-5-9-19(14,18)17(24)20(16(18)23)15(12-22)13-6-2-1-3-7-13/h1-3,6-7,14-15,21-22H,4-5,8-12H2/t14-,15+,18+,19-/m1/s1. The van der Waals surface area contributed by atoms with Crippen molar-refractivity contribution in [1.29, 1.82) is 0 Å². The first kappa shape index (κ1) is 15.8. The molecule has 1 aromatic carbocycles. The van der Waals surface area contributed by atoms with Crippen LogP contribution < -0.4 is 0 Å². The SMILES string of the molecule is O=C1N([C@@H](CO)c2ccccc2)C(=O)[C@]23CCCC[C@]12C[C@@H]3CO. The van der Waals surface area contributed by atoms with Crippen LogP contribution in [-0.2, 0) is 9.59 Å². The van der Waals surface area contributed by atoms with Crippen molar-refractivity contribution in [2.75, 3.05) is 13.2 Å². The molecule has 2 aliphatic carbocycles. The lowest BCUT2D eigenvalue weighted by Crippen LogP contribution is -2.63. The molecule has 5 heteroatoms. The Morgan fingerprint density at radius 1 is 1.08 bits per heavy atom. The quantitative estimate of drug-likeness (QED) is 0.824. The predicted molar refractivity (Wildman–Crippen MR) is 86.6 cm³/mol. The Balaban J connectivity index is 1.78. The van der Waals surface area contributed by atoms with Gasteiger partial charge in [0, 0.05) is 6.61 Å². The maximum Gasteiger partial charge on any atom is 0.237 e. The zero-order valence-corrected chi connectivity index (χ0v) is 13.6. The van der Waals surface area contributed by atoms with Crippen LogP contribution >= 0.6 is 0 Å². The number of amides is 2. The minimum Gasteiger partial charge on any atom is -0.396 e. The highest BCUT2D eigenvalue weighted by Gasteiger charge is 2.79. The van der Waals surface area contributed by atoms with Gasteiger partial charge in [0.25, 0.3) is 0 Å². The Morgan fingerprint density at radius 3 is 2.46 bits per heavy atom. The number of aliphatic hydroxyl groups excluding tert-OH is 2. The predicted octanol–water partition coefficient (Wildman–Crippen LogP) is 1.65. The van der Waals surface area contributed by atoms with Crippen LogP contribution in [0.15, 0.2) is 30.3 Å². The van der Waals surface area contributed by atoms with Crippen LogP contribution in [-0.4, -0.2) is 40.1 Å². The third-order valence-electron chi connectivity index (χ3n) is 6.69. The fourth-order valence-corrected chi connectivity index (χ4v) is 5.56. The van der Waals surface area contributed by atoms with Gasteiger partial charge in [-0.1, -0.05) is 43.2 Å². The van der Waals surface area contributed by atoms with Gasteiger partial charge in [-0.15, -0.1) is 0 Å². The molecule has 5 nitrogen and oxygen atoms in total. The Bertz CT molecular complexity index is 675. The minimum absolute atomic E-state index is 0.0518. The van der Waals surface area contributed by atoms with Crippen LogP contribution in [0.5, 0.6) is 0 Å². The van der Waals surface area contributed by atoms with Crippen molar-refractivity contribution >= 4 is 11.8 Å². The third-order valence-corrected chi connectivity index (χ3v) is 6.69. The van der Waals surface area contributed by atoms with Gasteiger partial charge in [0.2, 0.25) is 11.8 Å². The highest BCUT2D eigenvalue weighted by atomic mass is 16.3. The van der Waals surface area contributed by atoms with Crippen molar-refractivity contribution in [2.45, 2.75) is 38.1 Å². The smallest absolute Gasteiger partial charge is 0.237 e. The van der Waals surface area contributed by atoms with E-state index in [0.29, 0.717) is 12.8 Å². The van der Waals surface area contributed by atoms with Gasteiger partial charge in [-0.25, -0.2) is 0 Å². The molecule has 3 aliphatic rings. The highest BCUT2D eigenvalue weighted by molar-refractivity contribution is 6.12. The molecule has 0 bridgehead atoms. The normalized spacial score (nSPS) is 36.1. The number of likely N-dealkylation sites (tertiary alicyclic amines) is 1. The highest BCUT2D eigenvalue weighted by Crippen LogP contribution is 2.72. The lowest BCUT2D eigenvalue weighted by molar-refractivity contribution is -0.183. The fraction of sp³-hybridized carbons (Fsp3) is 0.579. The van der Waals surface area contributed by atoms with Crippen LogP contribution in [0.3, 0.4) is 0 Å². The first-order chi connectivity index (χ1) is 11.6. The van der Waals surface area contributed by atoms with E-state index in [9.17, 15) is 19.8 Å². The van der Waals surface area contributed by atoms with E-state index in [1.807, 2.05) is 30.3 Å². The molecule has 0 spiro atoms. The van der Waals surface area contributed by atoms with Gasteiger partial charge in [-0.2, -0.15) is 0 Å². The van der Waals surface area contributed by atoms with Gasteiger partial charge in [0.15, 0.2) is 0 Å². The lowest BCUT2D eigenvalue weighted by atomic mass is 9.40. The number of hydrogen-bond acceptors (Lipinski definition) is 4. The van der Waals surface area contributed by atoms with E-state index in [4.69, 9.17) is 0 Å². The molecule has 1 aromatic rings. The number of carbonyl (C=O) groups excluding carboxylic acids is 2. The second-order valence-electron chi connectivity index (χ2n) is 7.43. The van der Waals surface area contributed by atoms with Crippen molar-refractivity contribution in [3.63, 3.8) is 0 Å². The summed E-state index contributed by atoms with van der Waals surface area (Å²) in [7, 11) is 0. The second kappa shape index (κ2) is 5.39. The van der Waals surface area contributed by atoms with Crippen molar-refractivity contribution in [3.05, 3.63) is 35.9 Å². The first-order valence-corrected chi connectivity index (χ1v) is 8.77. The summed E-state index contributed by atoms with van der Waals surface area (Å²) in [6, 6.07) is 8.60. The van der Waals surface area contributed by atoms with E-state index < -0.39 is 16.9 Å². The summed E-state index contributed by atoms with van der Waals surface area (Å²) in [5.41, 5.74) is -0.606. The topological polar surface area (TPSA) is 77.8 Å². The van der Waals surface area contributed by atoms with Crippen molar-refractivity contribution in [2.24, 2.45) is 16.7 Å². The molecule has 128 valence electrons. The van der Waals surface area contributed by atoms with Crippen LogP contribution in [0.25, 0.3) is 0 Å². The molecule has 4 atom stereocenters. The van der Waals surface area contributed by atoms with E-state index >= 15 is 0 Å². The zero-order valence-electron chi connectivity index (χ0n) is 13.6. The number of nitrogens with zero attached hydrogens (tertiary/aromatic N) is 1. The molecular weight excluding hydrogens is 306 g/mol. The Hall–Kier alpha value is -1.72. The number of benzene rings is 1. The van der Waals surface area contributed by atoms with Crippen molar-refractivity contribution in [1.82, 2.24) is 4.90 Å². The molecular formula is C19H23NO4. The number of hydrogen-bond donors (Lipinski definition) is 2. The molecule has 2 amide bonds. The summed E-state index contributed by atoms with van der Waals surface area (Å²) in [4.78, 5) is 27.9. The zero-order chi connectivity index (χ0) is 16.9. The van der Waals surface area contributed by atoms with Crippen molar-refractivity contribution in [3.8, 4) is 0 Å². The average Bonchev–Trinajstić information content (AvgIpc) is 2.75. The maximum absolute atomic E-state index is 13.4.